The largest absolute Gasteiger partial charge is 0.496 e. The second kappa shape index (κ2) is 6.36. The number of ether oxygens (including phenoxy) is 1. The molecule has 116 valence electrons. The molecule has 2 aromatic carbocycles. The minimum atomic E-state index is -0.264. The number of benzene rings is 2. The van der Waals surface area contributed by atoms with Crippen LogP contribution in [0.1, 0.15) is 16.1 Å². The van der Waals surface area contributed by atoms with E-state index in [0.717, 1.165) is 16.7 Å². The molecule has 3 N–H and O–H groups in total. The van der Waals surface area contributed by atoms with Gasteiger partial charge in [0.25, 0.3) is 5.91 Å². The molecule has 0 spiro atoms. The van der Waals surface area contributed by atoms with E-state index in [-0.39, 0.29) is 5.91 Å². The number of pyridine rings is 1. The number of amides is 1. The molecule has 0 saturated heterocycles. The molecule has 23 heavy (non-hydrogen) atoms. The molecular weight excluding hydrogens is 290 g/mol. The van der Waals surface area contributed by atoms with Crippen LogP contribution in [0.15, 0.2) is 54.7 Å². The van der Waals surface area contributed by atoms with Gasteiger partial charge in [-0.3, -0.25) is 9.78 Å². The van der Waals surface area contributed by atoms with Gasteiger partial charge in [0.1, 0.15) is 11.4 Å². The Hall–Kier alpha value is -3.08. The number of carbonyl (C=O) groups is 1. The Bertz CT molecular complexity index is 857. The number of anilines is 1. The third-order valence-corrected chi connectivity index (χ3v) is 3.67. The molecule has 1 aromatic heterocycles. The smallest absolute Gasteiger partial charge is 0.270 e. The van der Waals surface area contributed by atoms with E-state index in [1.54, 1.807) is 19.4 Å². The van der Waals surface area contributed by atoms with E-state index in [4.69, 9.17) is 10.5 Å². The maximum absolute atomic E-state index is 12.5. The first kappa shape index (κ1) is 14.8. The van der Waals surface area contributed by atoms with Gasteiger partial charge in [0, 0.05) is 29.4 Å². The number of rotatable bonds is 4. The molecule has 1 heterocycles. The van der Waals surface area contributed by atoms with Crippen molar-refractivity contribution in [2.45, 2.75) is 6.54 Å². The predicted molar refractivity (Wildman–Crippen MR) is 90.3 cm³/mol. The number of nitrogens with one attached hydrogen (secondary N) is 1. The number of fused-ring (bicyclic) bond motifs is 1. The number of hydrogen-bond acceptors (Lipinski definition) is 4. The number of hydrogen-bond donors (Lipinski definition) is 2. The lowest BCUT2D eigenvalue weighted by Gasteiger charge is -2.11. The summed E-state index contributed by atoms with van der Waals surface area (Å²) in [5, 5.41) is 4.44. The number of nitrogens with zero attached hydrogens (tertiary/aromatic N) is 1. The van der Waals surface area contributed by atoms with Crippen molar-refractivity contribution in [2.75, 3.05) is 12.8 Å². The van der Waals surface area contributed by atoms with Gasteiger partial charge in [-0.25, -0.2) is 0 Å². The summed E-state index contributed by atoms with van der Waals surface area (Å²) in [6.45, 7) is 0.355. The van der Waals surface area contributed by atoms with E-state index in [0.29, 0.717) is 23.3 Å². The van der Waals surface area contributed by atoms with Crippen LogP contribution < -0.4 is 15.8 Å². The maximum Gasteiger partial charge on any atom is 0.270 e. The van der Waals surface area contributed by atoms with Gasteiger partial charge in [0.15, 0.2) is 0 Å². The SMILES string of the molecule is COc1ccccc1CNC(=O)c1nccc2cccc(N)c12. The zero-order valence-electron chi connectivity index (χ0n) is 12.7. The fourth-order valence-corrected chi connectivity index (χ4v) is 2.54. The molecule has 0 atom stereocenters. The molecule has 0 radical (unpaired) electrons. The molecule has 0 unspecified atom stereocenters. The Morgan fingerprint density at radius 2 is 2.00 bits per heavy atom. The van der Waals surface area contributed by atoms with E-state index in [1.165, 1.54) is 0 Å². The summed E-state index contributed by atoms with van der Waals surface area (Å²) >= 11 is 0. The van der Waals surface area contributed by atoms with Gasteiger partial charge in [-0.05, 0) is 23.6 Å². The molecule has 0 aliphatic rings. The Labute approximate surface area is 134 Å². The van der Waals surface area contributed by atoms with Gasteiger partial charge in [0.05, 0.1) is 7.11 Å². The van der Waals surface area contributed by atoms with Crippen molar-refractivity contribution in [3.05, 3.63) is 66.0 Å². The van der Waals surface area contributed by atoms with E-state index in [2.05, 4.69) is 10.3 Å². The van der Waals surface area contributed by atoms with Crippen molar-refractivity contribution in [3.8, 4) is 5.75 Å². The van der Waals surface area contributed by atoms with Crippen LogP contribution in [0.25, 0.3) is 10.8 Å². The monoisotopic (exact) mass is 307 g/mol. The number of methoxy groups -OCH3 is 1. The van der Waals surface area contributed by atoms with Crippen molar-refractivity contribution in [2.24, 2.45) is 0 Å². The van der Waals surface area contributed by atoms with Gasteiger partial charge in [-0.2, -0.15) is 0 Å². The van der Waals surface area contributed by atoms with Gasteiger partial charge in [-0.15, -0.1) is 0 Å². The maximum atomic E-state index is 12.5. The molecule has 3 aromatic rings. The second-order valence-electron chi connectivity index (χ2n) is 5.10. The number of carbonyl (C=O) groups excluding carboxylic acids is 1. The minimum Gasteiger partial charge on any atom is -0.496 e. The van der Waals surface area contributed by atoms with Crippen LogP contribution in [-0.2, 0) is 6.54 Å². The Morgan fingerprint density at radius 3 is 2.83 bits per heavy atom. The van der Waals surface area contributed by atoms with Crippen LogP contribution in [0.4, 0.5) is 5.69 Å². The van der Waals surface area contributed by atoms with E-state index >= 15 is 0 Å². The summed E-state index contributed by atoms with van der Waals surface area (Å²) in [6.07, 6.45) is 1.61. The molecule has 0 bridgehead atoms. The zero-order valence-corrected chi connectivity index (χ0v) is 12.7. The normalized spacial score (nSPS) is 10.5. The third-order valence-electron chi connectivity index (χ3n) is 3.67. The Balaban J connectivity index is 1.87. The van der Waals surface area contributed by atoms with Crippen molar-refractivity contribution in [3.63, 3.8) is 0 Å². The second-order valence-corrected chi connectivity index (χ2v) is 5.10. The Kier molecular flexibility index (Phi) is 4.10. The summed E-state index contributed by atoms with van der Waals surface area (Å²) in [5.74, 6) is 0.470. The molecule has 0 saturated carbocycles. The zero-order chi connectivity index (χ0) is 16.2. The number of nitrogen functional groups attached to an aromatic ring is 1. The fraction of sp³-hybridized carbons (Fsp3) is 0.111. The molecule has 0 aliphatic carbocycles. The highest BCUT2D eigenvalue weighted by Crippen LogP contribution is 2.23. The fourth-order valence-electron chi connectivity index (χ4n) is 2.54. The lowest BCUT2D eigenvalue weighted by Crippen LogP contribution is -2.24. The molecular formula is C18H17N3O2. The van der Waals surface area contributed by atoms with E-state index < -0.39 is 0 Å². The third kappa shape index (κ3) is 2.94. The van der Waals surface area contributed by atoms with Crippen molar-refractivity contribution in [1.82, 2.24) is 10.3 Å². The van der Waals surface area contributed by atoms with Crippen LogP contribution in [-0.4, -0.2) is 18.0 Å². The van der Waals surface area contributed by atoms with Gasteiger partial charge in [-0.1, -0.05) is 30.3 Å². The molecule has 5 nitrogen and oxygen atoms in total. The summed E-state index contributed by atoms with van der Waals surface area (Å²) in [6, 6.07) is 14.9. The van der Waals surface area contributed by atoms with Gasteiger partial charge >= 0.3 is 0 Å². The summed E-state index contributed by atoms with van der Waals surface area (Å²) < 4.78 is 5.29. The molecule has 3 rings (SSSR count). The highest BCUT2D eigenvalue weighted by atomic mass is 16.5. The van der Waals surface area contributed by atoms with Gasteiger partial charge < -0.3 is 15.8 Å². The van der Waals surface area contributed by atoms with E-state index in [1.807, 2.05) is 42.5 Å². The molecule has 1 amide bonds. The molecule has 0 fully saturated rings. The summed E-state index contributed by atoms with van der Waals surface area (Å²) in [5.41, 5.74) is 7.78. The first-order valence-electron chi connectivity index (χ1n) is 7.24. The summed E-state index contributed by atoms with van der Waals surface area (Å²) in [4.78, 5) is 16.7. The number of para-hydroxylation sites is 1. The number of nitrogens with two attached hydrogens (primary N) is 1. The lowest BCUT2D eigenvalue weighted by molar-refractivity contribution is 0.0947. The Morgan fingerprint density at radius 1 is 1.17 bits per heavy atom. The highest BCUT2D eigenvalue weighted by Gasteiger charge is 2.14. The van der Waals surface area contributed by atoms with Crippen LogP contribution in [0.3, 0.4) is 0 Å². The highest BCUT2D eigenvalue weighted by molar-refractivity contribution is 6.09. The average Bonchev–Trinajstić information content (AvgIpc) is 2.59. The first-order valence-corrected chi connectivity index (χ1v) is 7.24. The topological polar surface area (TPSA) is 77.2 Å². The summed E-state index contributed by atoms with van der Waals surface area (Å²) in [7, 11) is 1.60. The average molecular weight is 307 g/mol. The first-order chi connectivity index (χ1) is 11.2. The van der Waals surface area contributed by atoms with Crippen molar-refractivity contribution < 1.29 is 9.53 Å². The lowest BCUT2D eigenvalue weighted by atomic mass is 10.1. The van der Waals surface area contributed by atoms with Crippen molar-refractivity contribution in [1.29, 1.82) is 0 Å². The van der Waals surface area contributed by atoms with Crippen LogP contribution in [0.2, 0.25) is 0 Å². The standard InChI is InChI=1S/C18H17N3O2/c1-23-15-8-3-2-5-13(15)11-21-18(22)17-16-12(9-10-20-17)6-4-7-14(16)19/h2-10H,11,19H2,1H3,(H,21,22). The minimum absolute atomic E-state index is 0.264. The van der Waals surface area contributed by atoms with E-state index in [9.17, 15) is 4.79 Å². The van der Waals surface area contributed by atoms with Crippen LogP contribution in [0.5, 0.6) is 5.75 Å². The number of aromatic nitrogens is 1. The molecule has 0 aliphatic heterocycles. The van der Waals surface area contributed by atoms with Crippen molar-refractivity contribution >= 4 is 22.4 Å². The predicted octanol–water partition coefficient (Wildman–Crippen LogP) is 2.76. The van der Waals surface area contributed by atoms with Crippen LogP contribution >= 0.6 is 0 Å². The molecule has 5 heteroatoms. The van der Waals surface area contributed by atoms with Gasteiger partial charge in [0.2, 0.25) is 0 Å². The quantitative estimate of drug-likeness (QED) is 0.727. The van der Waals surface area contributed by atoms with Crippen LogP contribution in [0, 0.1) is 0 Å².